The number of hydrogen-bond acceptors (Lipinski definition) is 4. The summed E-state index contributed by atoms with van der Waals surface area (Å²) < 4.78 is 4.76. The Morgan fingerprint density at radius 1 is 1.53 bits per heavy atom. The number of hydrogen-bond donors (Lipinski definition) is 3. The molecule has 6 heteroatoms. The van der Waals surface area contributed by atoms with E-state index in [0.29, 0.717) is 19.6 Å². The van der Waals surface area contributed by atoms with Crippen molar-refractivity contribution in [2.45, 2.75) is 25.7 Å². The number of unbranched alkanes of at least 4 members (excludes halogenated alkanes) is 1. The van der Waals surface area contributed by atoms with Crippen LogP contribution in [0.1, 0.15) is 25.0 Å². The van der Waals surface area contributed by atoms with Crippen molar-refractivity contribution in [2.24, 2.45) is 0 Å². The summed E-state index contributed by atoms with van der Waals surface area (Å²) in [6.07, 6.45) is 6.19. The molecular formula is C11H19N3O3. The van der Waals surface area contributed by atoms with Crippen LogP contribution >= 0.6 is 0 Å². The van der Waals surface area contributed by atoms with E-state index in [2.05, 4.69) is 15.3 Å². The lowest BCUT2D eigenvalue weighted by Gasteiger charge is -2.04. The largest absolute Gasteiger partial charge is 0.371 e. The molecule has 0 saturated carbocycles. The summed E-state index contributed by atoms with van der Waals surface area (Å²) in [5.74, 6) is 0.0495. The van der Waals surface area contributed by atoms with Gasteiger partial charge >= 0.3 is 0 Å². The zero-order valence-corrected chi connectivity index (χ0v) is 9.82. The molecule has 0 atom stereocenters. The molecule has 0 fully saturated rings. The highest BCUT2D eigenvalue weighted by atomic mass is 16.6. The van der Waals surface area contributed by atoms with Crippen LogP contribution in [-0.2, 0) is 16.0 Å². The fourth-order valence-corrected chi connectivity index (χ4v) is 1.40. The Balaban J connectivity index is 1.94. The number of imidazole rings is 1. The molecule has 1 rings (SSSR count). The van der Waals surface area contributed by atoms with Gasteiger partial charge in [0.25, 0.3) is 0 Å². The SMILES string of the molecule is O=C(CCCCOCO)NCCc1cnc[nH]1. The number of nitrogens with one attached hydrogen (secondary N) is 2. The van der Waals surface area contributed by atoms with Crippen molar-refractivity contribution in [2.75, 3.05) is 19.9 Å². The van der Waals surface area contributed by atoms with Crippen LogP contribution in [0.2, 0.25) is 0 Å². The number of carbonyl (C=O) groups is 1. The minimum absolute atomic E-state index is 0.0495. The van der Waals surface area contributed by atoms with Crippen molar-refractivity contribution >= 4 is 5.91 Å². The molecule has 0 aliphatic heterocycles. The lowest BCUT2D eigenvalue weighted by molar-refractivity contribution is -0.121. The van der Waals surface area contributed by atoms with Gasteiger partial charge in [0.05, 0.1) is 6.33 Å². The van der Waals surface area contributed by atoms with E-state index in [-0.39, 0.29) is 12.7 Å². The predicted molar refractivity (Wildman–Crippen MR) is 62.2 cm³/mol. The summed E-state index contributed by atoms with van der Waals surface area (Å²) in [5, 5.41) is 11.2. The van der Waals surface area contributed by atoms with Crippen LogP contribution in [-0.4, -0.2) is 40.9 Å². The molecule has 0 saturated heterocycles. The third kappa shape index (κ3) is 6.70. The van der Waals surface area contributed by atoms with Gasteiger partial charge in [-0.2, -0.15) is 0 Å². The number of carbonyl (C=O) groups excluding carboxylic acids is 1. The quantitative estimate of drug-likeness (QED) is 0.426. The Hall–Kier alpha value is -1.40. The summed E-state index contributed by atoms with van der Waals surface area (Å²) in [4.78, 5) is 18.2. The van der Waals surface area contributed by atoms with Crippen molar-refractivity contribution in [1.29, 1.82) is 0 Å². The van der Waals surface area contributed by atoms with E-state index in [4.69, 9.17) is 9.84 Å². The van der Waals surface area contributed by atoms with Crippen LogP contribution < -0.4 is 5.32 Å². The molecule has 0 bridgehead atoms. The van der Waals surface area contributed by atoms with Crippen molar-refractivity contribution in [1.82, 2.24) is 15.3 Å². The number of rotatable bonds is 9. The predicted octanol–water partition coefficient (Wildman–Crippen LogP) is 0.205. The van der Waals surface area contributed by atoms with Crippen molar-refractivity contribution in [3.8, 4) is 0 Å². The zero-order valence-electron chi connectivity index (χ0n) is 9.82. The molecule has 96 valence electrons. The molecule has 3 N–H and O–H groups in total. The van der Waals surface area contributed by atoms with E-state index >= 15 is 0 Å². The van der Waals surface area contributed by atoms with Crippen LogP contribution in [0, 0.1) is 0 Å². The van der Waals surface area contributed by atoms with Gasteiger partial charge in [0.1, 0.15) is 6.79 Å². The second kappa shape index (κ2) is 8.72. The topological polar surface area (TPSA) is 87.2 Å². The summed E-state index contributed by atoms with van der Waals surface area (Å²) in [6.45, 7) is 0.864. The van der Waals surface area contributed by atoms with Crippen LogP contribution in [0.25, 0.3) is 0 Å². The normalized spacial score (nSPS) is 10.4. The first kappa shape index (κ1) is 13.7. The highest BCUT2D eigenvalue weighted by Gasteiger charge is 2.01. The average molecular weight is 241 g/mol. The van der Waals surface area contributed by atoms with Crippen molar-refractivity contribution in [3.63, 3.8) is 0 Å². The number of H-pyrrole nitrogens is 1. The third-order valence-corrected chi connectivity index (χ3v) is 2.31. The molecule has 1 amide bonds. The summed E-state index contributed by atoms with van der Waals surface area (Å²) in [5.41, 5.74) is 1.02. The Kier molecular flexibility index (Phi) is 7.01. The van der Waals surface area contributed by atoms with Gasteiger partial charge in [0.15, 0.2) is 0 Å². The molecule has 1 aromatic rings. The summed E-state index contributed by atoms with van der Waals surface area (Å²) in [7, 11) is 0. The lowest BCUT2D eigenvalue weighted by Crippen LogP contribution is -2.25. The Morgan fingerprint density at radius 3 is 3.12 bits per heavy atom. The highest BCUT2D eigenvalue weighted by molar-refractivity contribution is 5.75. The van der Waals surface area contributed by atoms with E-state index in [1.165, 1.54) is 0 Å². The summed E-state index contributed by atoms with van der Waals surface area (Å²) in [6, 6.07) is 0. The fourth-order valence-electron chi connectivity index (χ4n) is 1.40. The van der Waals surface area contributed by atoms with Gasteiger partial charge in [0.2, 0.25) is 5.91 Å². The second-order valence-electron chi connectivity index (χ2n) is 3.67. The van der Waals surface area contributed by atoms with Gasteiger partial charge in [-0.25, -0.2) is 4.98 Å². The number of ether oxygens (including phenoxy) is 1. The molecular weight excluding hydrogens is 222 g/mol. The number of aliphatic hydroxyl groups is 1. The smallest absolute Gasteiger partial charge is 0.220 e. The monoisotopic (exact) mass is 241 g/mol. The van der Waals surface area contributed by atoms with Gasteiger partial charge in [-0.05, 0) is 12.8 Å². The lowest BCUT2D eigenvalue weighted by atomic mass is 10.2. The highest BCUT2D eigenvalue weighted by Crippen LogP contribution is 1.96. The van der Waals surface area contributed by atoms with Crippen LogP contribution in [0.5, 0.6) is 0 Å². The molecule has 0 radical (unpaired) electrons. The van der Waals surface area contributed by atoms with Crippen LogP contribution in [0.15, 0.2) is 12.5 Å². The van der Waals surface area contributed by atoms with E-state index < -0.39 is 0 Å². The molecule has 17 heavy (non-hydrogen) atoms. The van der Waals surface area contributed by atoms with E-state index in [9.17, 15) is 4.79 Å². The van der Waals surface area contributed by atoms with E-state index in [1.807, 2.05) is 0 Å². The minimum Gasteiger partial charge on any atom is -0.371 e. The van der Waals surface area contributed by atoms with E-state index in [0.717, 1.165) is 25.0 Å². The third-order valence-electron chi connectivity index (χ3n) is 2.31. The Bertz CT molecular complexity index is 301. The van der Waals surface area contributed by atoms with Gasteiger partial charge in [-0.1, -0.05) is 0 Å². The van der Waals surface area contributed by atoms with Gasteiger partial charge in [0, 0.05) is 37.9 Å². The molecule has 6 nitrogen and oxygen atoms in total. The van der Waals surface area contributed by atoms with Crippen LogP contribution in [0.3, 0.4) is 0 Å². The second-order valence-corrected chi connectivity index (χ2v) is 3.67. The first-order valence-corrected chi connectivity index (χ1v) is 5.75. The maximum atomic E-state index is 11.4. The van der Waals surface area contributed by atoms with Gasteiger partial charge in [-0.15, -0.1) is 0 Å². The summed E-state index contributed by atoms with van der Waals surface area (Å²) >= 11 is 0. The number of aliphatic hydroxyl groups excluding tert-OH is 1. The standard InChI is InChI=1S/C11H19N3O3/c15-9-17-6-2-1-3-11(16)13-5-4-10-7-12-8-14-10/h7-8,15H,1-6,9H2,(H,12,14)(H,13,16). The van der Waals surface area contributed by atoms with Crippen molar-refractivity contribution in [3.05, 3.63) is 18.2 Å². The first-order valence-electron chi connectivity index (χ1n) is 5.75. The molecule has 1 heterocycles. The van der Waals surface area contributed by atoms with E-state index in [1.54, 1.807) is 12.5 Å². The number of aromatic amines is 1. The molecule has 0 aliphatic carbocycles. The maximum Gasteiger partial charge on any atom is 0.220 e. The van der Waals surface area contributed by atoms with Gasteiger partial charge < -0.3 is 20.1 Å². The molecule has 1 aromatic heterocycles. The fraction of sp³-hybridized carbons (Fsp3) is 0.636. The molecule has 0 spiro atoms. The average Bonchev–Trinajstić information content (AvgIpc) is 2.82. The Labute approximate surface area is 100 Å². The van der Waals surface area contributed by atoms with Gasteiger partial charge in [-0.3, -0.25) is 4.79 Å². The maximum absolute atomic E-state index is 11.4. The zero-order chi connectivity index (χ0) is 12.3. The molecule has 0 unspecified atom stereocenters. The molecule has 0 aliphatic rings. The number of nitrogens with zero attached hydrogens (tertiary/aromatic N) is 1. The number of amides is 1. The van der Waals surface area contributed by atoms with Crippen LogP contribution in [0.4, 0.5) is 0 Å². The minimum atomic E-state index is -0.254. The number of aromatic nitrogens is 2. The first-order chi connectivity index (χ1) is 8.33. The van der Waals surface area contributed by atoms with Crippen molar-refractivity contribution < 1.29 is 14.6 Å². The molecule has 0 aromatic carbocycles. The Morgan fingerprint density at radius 2 is 2.41 bits per heavy atom.